The molecule has 1 amide bonds. The van der Waals surface area contributed by atoms with Gasteiger partial charge in [0.25, 0.3) is 0 Å². The topological polar surface area (TPSA) is 46.3 Å². The average Bonchev–Trinajstić information content (AvgIpc) is 3.06. The van der Waals surface area contributed by atoms with Gasteiger partial charge in [0.1, 0.15) is 11.5 Å². The minimum absolute atomic E-state index is 0.248. The van der Waals surface area contributed by atoms with E-state index in [2.05, 4.69) is 5.16 Å². The van der Waals surface area contributed by atoms with E-state index in [0.717, 1.165) is 23.3 Å². The molecular weight excluding hydrogens is 240 g/mol. The van der Waals surface area contributed by atoms with Crippen molar-refractivity contribution >= 4 is 5.91 Å². The summed E-state index contributed by atoms with van der Waals surface area (Å²) in [5, 5.41) is 3.94. The molecule has 2 aliphatic carbocycles. The van der Waals surface area contributed by atoms with Gasteiger partial charge in [0.2, 0.25) is 5.91 Å². The zero-order valence-electron chi connectivity index (χ0n) is 11.8. The van der Waals surface area contributed by atoms with Crippen molar-refractivity contribution in [1.29, 1.82) is 0 Å². The number of nitrogens with zero attached hydrogens (tertiary/aromatic N) is 2. The van der Waals surface area contributed by atoms with Crippen LogP contribution in [0.1, 0.15) is 43.6 Å². The number of carbonyl (C=O) groups excluding carboxylic acids is 1. The lowest BCUT2D eigenvalue weighted by atomic mass is 9.86. The molecule has 1 aromatic rings. The number of rotatable bonds is 4. The Kier molecular flexibility index (Phi) is 3.33. The molecular formula is C15H22N2O2. The van der Waals surface area contributed by atoms with E-state index in [4.69, 9.17) is 4.52 Å². The second-order valence-electron chi connectivity index (χ2n) is 6.32. The summed E-state index contributed by atoms with van der Waals surface area (Å²) in [6.45, 7) is 2.42. The summed E-state index contributed by atoms with van der Waals surface area (Å²) in [6.07, 6.45) is 6.09. The van der Waals surface area contributed by atoms with Crippen LogP contribution in [0.2, 0.25) is 0 Å². The lowest BCUT2D eigenvalue weighted by molar-refractivity contribution is -0.131. The molecule has 0 aromatic carbocycles. The van der Waals surface area contributed by atoms with Crippen molar-refractivity contribution < 1.29 is 9.32 Å². The van der Waals surface area contributed by atoms with Crippen LogP contribution in [-0.2, 0) is 11.3 Å². The lowest BCUT2D eigenvalue weighted by Gasteiger charge is -2.24. The van der Waals surface area contributed by atoms with Gasteiger partial charge in [0.05, 0.1) is 6.54 Å². The molecule has 19 heavy (non-hydrogen) atoms. The molecule has 0 aliphatic heterocycles. The van der Waals surface area contributed by atoms with Crippen molar-refractivity contribution in [3.8, 4) is 0 Å². The number of aryl methyl sites for hydroxylation is 1. The van der Waals surface area contributed by atoms with E-state index < -0.39 is 0 Å². The Morgan fingerprint density at radius 3 is 2.89 bits per heavy atom. The Hall–Kier alpha value is -1.32. The monoisotopic (exact) mass is 262 g/mol. The maximum absolute atomic E-state index is 12.3. The number of fused-ring (bicyclic) bond motifs is 2. The second kappa shape index (κ2) is 4.99. The third-order valence-corrected chi connectivity index (χ3v) is 4.82. The van der Waals surface area contributed by atoms with Crippen LogP contribution in [0, 0.1) is 24.7 Å². The summed E-state index contributed by atoms with van der Waals surface area (Å²) >= 11 is 0. The van der Waals surface area contributed by atoms with E-state index in [9.17, 15) is 4.79 Å². The molecule has 1 heterocycles. The molecule has 4 heteroatoms. The number of hydrogen-bond donors (Lipinski definition) is 0. The summed E-state index contributed by atoms with van der Waals surface area (Å²) in [4.78, 5) is 14.0. The maximum Gasteiger partial charge on any atom is 0.222 e. The van der Waals surface area contributed by atoms with Crippen LogP contribution < -0.4 is 0 Å². The molecule has 3 atom stereocenters. The van der Waals surface area contributed by atoms with E-state index in [1.54, 1.807) is 4.90 Å². The van der Waals surface area contributed by atoms with Crippen LogP contribution in [-0.4, -0.2) is 23.0 Å². The Balaban J connectivity index is 1.52. The van der Waals surface area contributed by atoms with Gasteiger partial charge in [-0.3, -0.25) is 4.79 Å². The van der Waals surface area contributed by atoms with E-state index in [0.29, 0.717) is 18.9 Å². The maximum atomic E-state index is 12.3. The smallest absolute Gasteiger partial charge is 0.222 e. The first kappa shape index (κ1) is 12.7. The fourth-order valence-electron chi connectivity index (χ4n) is 3.83. The molecule has 1 aromatic heterocycles. The van der Waals surface area contributed by atoms with Crippen molar-refractivity contribution in [3.63, 3.8) is 0 Å². The Bertz CT molecular complexity index is 468. The van der Waals surface area contributed by atoms with Crippen LogP contribution in [0.5, 0.6) is 0 Å². The first-order chi connectivity index (χ1) is 9.11. The molecule has 2 fully saturated rings. The van der Waals surface area contributed by atoms with Gasteiger partial charge in [0, 0.05) is 19.5 Å². The summed E-state index contributed by atoms with van der Waals surface area (Å²) in [5.74, 6) is 3.40. The van der Waals surface area contributed by atoms with Gasteiger partial charge in [-0.2, -0.15) is 0 Å². The van der Waals surface area contributed by atoms with Crippen LogP contribution in [0.15, 0.2) is 10.6 Å². The summed E-state index contributed by atoms with van der Waals surface area (Å²) < 4.78 is 5.03. The zero-order chi connectivity index (χ0) is 13.4. The fraction of sp³-hybridized carbons (Fsp3) is 0.733. The molecule has 104 valence electrons. The third-order valence-electron chi connectivity index (χ3n) is 4.82. The highest BCUT2D eigenvalue weighted by Gasteiger charge is 2.40. The fourth-order valence-corrected chi connectivity index (χ4v) is 3.83. The van der Waals surface area contributed by atoms with Crippen molar-refractivity contribution in [3.05, 3.63) is 17.5 Å². The molecule has 3 rings (SSSR count). The van der Waals surface area contributed by atoms with E-state index in [1.165, 1.54) is 25.7 Å². The Morgan fingerprint density at radius 1 is 1.47 bits per heavy atom. The summed E-state index contributed by atoms with van der Waals surface area (Å²) in [6, 6.07) is 1.89. The molecule has 0 N–H and O–H groups in total. The quantitative estimate of drug-likeness (QED) is 0.838. The van der Waals surface area contributed by atoms with Gasteiger partial charge in [0.15, 0.2) is 0 Å². The van der Waals surface area contributed by atoms with Gasteiger partial charge in [-0.1, -0.05) is 11.6 Å². The second-order valence-corrected chi connectivity index (χ2v) is 6.32. The first-order valence-electron chi connectivity index (χ1n) is 7.28. The van der Waals surface area contributed by atoms with Crippen LogP contribution in [0.3, 0.4) is 0 Å². The highest BCUT2D eigenvalue weighted by Crippen LogP contribution is 2.49. The zero-order valence-corrected chi connectivity index (χ0v) is 11.8. The predicted octanol–water partition coefficient (Wildman–Crippen LogP) is 2.77. The van der Waals surface area contributed by atoms with Crippen LogP contribution in [0.25, 0.3) is 0 Å². The SMILES string of the molecule is Cc1cc(CN(C)C(=O)C[C@H]2C[C@H]3CC[C@H]2C3)no1. The van der Waals surface area contributed by atoms with Crippen molar-refractivity contribution in [2.24, 2.45) is 17.8 Å². The van der Waals surface area contributed by atoms with Gasteiger partial charge in [-0.05, 0) is 43.9 Å². The van der Waals surface area contributed by atoms with E-state index >= 15 is 0 Å². The minimum Gasteiger partial charge on any atom is -0.361 e. The molecule has 2 bridgehead atoms. The molecule has 0 saturated heterocycles. The highest BCUT2D eigenvalue weighted by atomic mass is 16.5. The van der Waals surface area contributed by atoms with E-state index in [-0.39, 0.29) is 5.91 Å². The Morgan fingerprint density at radius 2 is 2.32 bits per heavy atom. The average molecular weight is 262 g/mol. The summed E-state index contributed by atoms with van der Waals surface area (Å²) in [5.41, 5.74) is 0.835. The van der Waals surface area contributed by atoms with Crippen LogP contribution in [0.4, 0.5) is 0 Å². The molecule has 0 unspecified atom stereocenters. The van der Waals surface area contributed by atoms with Crippen molar-refractivity contribution in [2.45, 2.75) is 45.6 Å². The highest BCUT2D eigenvalue weighted by molar-refractivity contribution is 5.76. The number of aromatic nitrogens is 1. The van der Waals surface area contributed by atoms with E-state index in [1.807, 2.05) is 20.0 Å². The van der Waals surface area contributed by atoms with Gasteiger partial charge in [-0.15, -0.1) is 0 Å². The molecule has 0 spiro atoms. The normalized spacial score (nSPS) is 28.8. The summed E-state index contributed by atoms with van der Waals surface area (Å²) in [7, 11) is 1.86. The predicted molar refractivity (Wildman–Crippen MR) is 71.3 cm³/mol. The number of carbonyl (C=O) groups is 1. The minimum atomic E-state index is 0.248. The Labute approximate surface area is 114 Å². The molecule has 4 nitrogen and oxygen atoms in total. The lowest BCUT2D eigenvalue weighted by Crippen LogP contribution is -2.29. The van der Waals surface area contributed by atoms with Crippen molar-refractivity contribution in [1.82, 2.24) is 10.1 Å². The number of hydrogen-bond acceptors (Lipinski definition) is 3. The van der Waals surface area contributed by atoms with Gasteiger partial charge in [-0.25, -0.2) is 0 Å². The van der Waals surface area contributed by atoms with Crippen molar-refractivity contribution in [2.75, 3.05) is 7.05 Å². The van der Waals surface area contributed by atoms with Gasteiger partial charge < -0.3 is 9.42 Å². The number of amides is 1. The molecule has 2 aliphatic rings. The first-order valence-corrected chi connectivity index (χ1v) is 7.28. The molecule has 0 radical (unpaired) electrons. The third kappa shape index (κ3) is 2.67. The van der Waals surface area contributed by atoms with Crippen LogP contribution >= 0.6 is 0 Å². The molecule has 2 saturated carbocycles. The van der Waals surface area contributed by atoms with Gasteiger partial charge >= 0.3 is 0 Å². The standard InChI is InChI=1S/C15H22N2O2/c1-10-5-14(16-19-10)9-17(2)15(18)8-13-7-11-3-4-12(13)6-11/h5,11-13H,3-4,6-9H2,1-2H3/t11-,12-,13+/m0/s1. The largest absolute Gasteiger partial charge is 0.361 e.